The summed E-state index contributed by atoms with van der Waals surface area (Å²) in [5.41, 5.74) is 0. The fourth-order valence-corrected chi connectivity index (χ4v) is 2.48. The first-order chi connectivity index (χ1) is 7.69. The van der Waals surface area contributed by atoms with Gasteiger partial charge in [-0.15, -0.1) is 0 Å². The molecule has 2 atom stereocenters. The number of ether oxygens (including phenoxy) is 1. The molecule has 0 aliphatic carbocycles. The molecule has 4 nitrogen and oxygen atoms in total. The summed E-state index contributed by atoms with van der Waals surface area (Å²) in [6, 6.07) is 0.509. The molecule has 1 rings (SSSR count). The number of carbonyl (C=O) groups is 1. The largest absolute Gasteiger partial charge is 0.469 e. The zero-order valence-electron chi connectivity index (χ0n) is 10.7. The lowest BCUT2D eigenvalue weighted by molar-refractivity contribution is -0.142. The van der Waals surface area contributed by atoms with Gasteiger partial charge < -0.3 is 15.0 Å². The maximum Gasteiger partial charge on any atom is 0.305 e. The molecule has 0 saturated carbocycles. The normalized spacial score (nSPS) is 26.7. The molecule has 1 aliphatic heterocycles. The maximum absolute atomic E-state index is 11.3. The van der Waals surface area contributed by atoms with Gasteiger partial charge in [-0.3, -0.25) is 4.79 Å². The van der Waals surface area contributed by atoms with Crippen LogP contribution in [0.3, 0.4) is 0 Å². The summed E-state index contributed by atoms with van der Waals surface area (Å²) in [7, 11) is 3.46. The van der Waals surface area contributed by atoms with Crippen molar-refractivity contribution in [2.75, 3.05) is 33.8 Å². The number of nitrogens with zero attached hydrogens (tertiary/aromatic N) is 1. The highest BCUT2D eigenvalue weighted by Gasteiger charge is 2.27. The number of hydrogen-bond acceptors (Lipinski definition) is 4. The summed E-state index contributed by atoms with van der Waals surface area (Å²) in [6.07, 6.45) is 2.79. The Balaban J connectivity index is 2.46. The lowest BCUT2D eigenvalue weighted by Crippen LogP contribution is -2.48. The average Bonchev–Trinajstić information content (AvgIpc) is 2.29. The van der Waals surface area contributed by atoms with Crippen molar-refractivity contribution in [3.63, 3.8) is 0 Å². The van der Waals surface area contributed by atoms with Gasteiger partial charge >= 0.3 is 5.97 Å². The van der Waals surface area contributed by atoms with E-state index in [1.807, 2.05) is 7.05 Å². The predicted molar refractivity (Wildman–Crippen MR) is 64.3 cm³/mol. The molecule has 0 aromatic rings. The third kappa shape index (κ3) is 4.10. The maximum atomic E-state index is 11.3. The molecule has 0 radical (unpaired) electrons. The Morgan fingerprint density at radius 2 is 2.25 bits per heavy atom. The van der Waals surface area contributed by atoms with Gasteiger partial charge in [0.2, 0.25) is 0 Å². The van der Waals surface area contributed by atoms with Crippen LogP contribution in [0.1, 0.15) is 26.2 Å². The molecule has 94 valence electrons. The first-order valence-corrected chi connectivity index (χ1v) is 6.16. The van der Waals surface area contributed by atoms with E-state index < -0.39 is 0 Å². The molecule has 1 N–H and O–H groups in total. The van der Waals surface area contributed by atoms with Crippen molar-refractivity contribution in [3.8, 4) is 0 Å². The minimum atomic E-state index is -0.0850. The van der Waals surface area contributed by atoms with Crippen LogP contribution in [0.25, 0.3) is 0 Å². The van der Waals surface area contributed by atoms with E-state index in [2.05, 4.69) is 17.1 Å². The summed E-state index contributed by atoms with van der Waals surface area (Å²) in [5, 5.41) is 3.32. The van der Waals surface area contributed by atoms with Crippen molar-refractivity contribution in [1.82, 2.24) is 10.2 Å². The molecule has 1 fully saturated rings. The Kier molecular flexibility index (Phi) is 5.77. The van der Waals surface area contributed by atoms with E-state index in [1.54, 1.807) is 0 Å². The fraction of sp³-hybridized carbons (Fsp3) is 0.917. The molecule has 0 bridgehead atoms. The standard InChI is InChI=1S/C12H24N2O2/c1-4-5-14-8-10(7-12(15)16-3)6-11(9-14)13-2/h10-11,13H,4-9H2,1-3H3. The molecule has 0 aromatic carbocycles. The van der Waals surface area contributed by atoms with Gasteiger partial charge in [0.1, 0.15) is 0 Å². The van der Waals surface area contributed by atoms with Crippen LogP contribution in [0, 0.1) is 5.92 Å². The molecule has 1 aliphatic rings. The minimum absolute atomic E-state index is 0.0850. The quantitative estimate of drug-likeness (QED) is 0.709. The van der Waals surface area contributed by atoms with E-state index >= 15 is 0 Å². The summed E-state index contributed by atoms with van der Waals surface area (Å²) in [4.78, 5) is 13.7. The molecular formula is C12H24N2O2. The zero-order chi connectivity index (χ0) is 12.0. The third-order valence-electron chi connectivity index (χ3n) is 3.24. The summed E-state index contributed by atoms with van der Waals surface area (Å²) in [5.74, 6) is 0.350. The van der Waals surface area contributed by atoms with Crippen molar-refractivity contribution >= 4 is 5.97 Å². The zero-order valence-corrected chi connectivity index (χ0v) is 10.7. The van der Waals surface area contributed by atoms with Crippen LogP contribution < -0.4 is 5.32 Å². The fourth-order valence-electron chi connectivity index (χ4n) is 2.48. The van der Waals surface area contributed by atoms with Crippen LogP contribution >= 0.6 is 0 Å². The molecule has 0 aromatic heterocycles. The number of rotatable bonds is 5. The average molecular weight is 228 g/mol. The van der Waals surface area contributed by atoms with E-state index in [0.29, 0.717) is 18.4 Å². The highest BCUT2D eigenvalue weighted by atomic mass is 16.5. The molecule has 1 saturated heterocycles. The Morgan fingerprint density at radius 3 is 2.81 bits per heavy atom. The lowest BCUT2D eigenvalue weighted by atomic mass is 9.91. The van der Waals surface area contributed by atoms with Gasteiger partial charge in [0.15, 0.2) is 0 Å². The molecule has 1 heterocycles. The van der Waals surface area contributed by atoms with Crippen molar-refractivity contribution in [2.45, 2.75) is 32.2 Å². The molecule has 0 amide bonds. The topological polar surface area (TPSA) is 41.6 Å². The number of methoxy groups -OCH3 is 1. The monoisotopic (exact) mass is 228 g/mol. The van der Waals surface area contributed by atoms with Crippen LogP contribution in [-0.4, -0.2) is 50.7 Å². The number of piperidine rings is 1. The highest BCUT2D eigenvalue weighted by Crippen LogP contribution is 2.20. The van der Waals surface area contributed by atoms with Crippen molar-refractivity contribution in [1.29, 1.82) is 0 Å². The minimum Gasteiger partial charge on any atom is -0.469 e. The van der Waals surface area contributed by atoms with Crippen LogP contribution in [0.5, 0.6) is 0 Å². The van der Waals surface area contributed by atoms with Gasteiger partial charge in [0.25, 0.3) is 0 Å². The van der Waals surface area contributed by atoms with Crippen LogP contribution in [0.4, 0.5) is 0 Å². The van der Waals surface area contributed by atoms with E-state index in [9.17, 15) is 4.79 Å². The van der Waals surface area contributed by atoms with Crippen LogP contribution in [0.15, 0.2) is 0 Å². The Bertz CT molecular complexity index is 221. The summed E-state index contributed by atoms with van der Waals surface area (Å²) < 4.78 is 4.74. The number of nitrogens with one attached hydrogen (secondary N) is 1. The Hall–Kier alpha value is -0.610. The van der Waals surface area contributed by atoms with Crippen molar-refractivity contribution in [3.05, 3.63) is 0 Å². The van der Waals surface area contributed by atoms with E-state index in [4.69, 9.17) is 4.74 Å². The van der Waals surface area contributed by atoms with Gasteiger partial charge in [-0.2, -0.15) is 0 Å². The SMILES string of the molecule is CCCN1CC(CC(=O)OC)CC(NC)C1. The van der Waals surface area contributed by atoms with Crippen molar-refractivity contribution in [2.24, 2.45) is 5.92 Å². The lowest BCUT2D eigenvalue weighted by Gasteiger charge is -2.37. The molecule has 4 heteroatoms. The predicted octanol–water partition coefficient (Wildman–Crippen LogP) is 0.869. The molecule has 16 heavy (non-hydrogen) atoms. The third-order valence-corrected chi connectivity index (χ3v) is 3.24. The smallest absolute Gasteiger partial charge is 0.305 e. The van der Waals surface area contributed by atoms with Crippen LogP contribution in [-0.2, 0) is 9.53 Å². The highest BCUT2D eigenvalue weighted by molar-refractivity contribution is 5.69. The van der Waals surface area contributed by atoms with Gasteiger partial charge in [-0.1, -0.05) is 6.92 Å². The van der Waals surface area contributed by atoms with Gasteiger partial charge in [0, 0.05) is 25.6 Å². The second kappa shape index (κ2) is 6.86. The number of carbonyl (C=O) groups excluding carboxylic acids is 1. The second-order valence-electron chi connectivity index (χ2n) is 4.63. The van der Waals surface area contributed by atoms with Crippen LogP contribution in [0.2, 0.25) is 0 Å². The molecular weight excluding hydrogens is 204 g/mol. The van der Waals surface area contributed by atoms with Gasteiger partial charge in [0.05, 0.1) is 7.11 Å². The second-order valence-corrected chi connectivity index (χ2v) is 4.63. The number of esters is 1. The molecule has 0 spiro atoms. The number of hydrogen-bond donors (Lipinski definition) is 1. The van der Waals surface area contributed by atoms with Crippen molar-refractivity contribution < 1.29 is 9.53 Å². The first kappa shape index (κ1) is 13.5. The van der Waals surface area contributed by atoms with E-state index in [0.717, 1.165) is 26.1 Å². The number of likely N-dealkylation sites (N-methyl/N-ethyl adjacent to an activating group) is 1. The Labute approximate surface area is 98.3 Å². The van der Waals surface area contributed by atoms with Gasteiger partial charge in [-0.25, -0.2) is 0 Å². The summed E-state index contributed by atoms with van der Waals surface area (Å²) in [6.45, 7) is 5.44. The van der Waals surface area contributed by atoms with E-state index in [1.165, 1.54) is 13.5 Å². The van der Waals surface area contributed by atoms with E-state index in [-0.39, 0.29) is 5.97 Å². The summed E-state index contributed by atoms with van der Waals surface area (Å²) >= 11 is 0. The molecule has 2 unspecified atom stereocenters. The Morgan fingerprint density at radius 1 is 1.50 bits per heavy atom. The first-order valence-electron chi connectivity index (χ1n) is 6.16. The van der Waals surface area contributed by atoms with Gasteiger partial charge in [-0.05, 0) is 32.4 Å². The number of likely N-dealkylation sites (tertiary alicyclic amines) is 1.